The van der Waals surface area contributed by atoms with Crippen molar-refractivity contribution >= 4 is 29.9 Å². The van der Waals surface area contributed by atoms with Gasteiger partial charge in [-0.2, -0.15) is 0 Å². The maximum atomic E-state index is 5.44. The lowest BCUT2D eigenvalue weighted by Gasteiger charge is -2.22. The summed E-state index contributed by atoms with van der Waals surface area (Å²) < 4.78 is 10.7. The molecule has 7 heteroatoms. The van der Waals surface area contributed by atoms with Crippen LogP contribution in [0.3, 0.4) is 0 Å². The van der Waals surface area contributed by atoms with Crippen molar-refractivity contribution in [2.75, 3.05) is 26.7 Å². The number of hydrogen-bond acceptors (Lipinski definition) is 4. The minimum atomic E-state index is 0. The lowest BCUT2D eigenvalue weighted by molar-refractivity contribution is 0.265. The fourth-order valence-electron chi connectivity index (χ4n) is 3.60. The van der Waals surface area contributed by atoms with Gasteiger partial charge in [-0.05, 0) is 49.6 Å². The van der Waals surface area contributed by atoms with Crippen molar-refractivity contribution in [3.05, 3.63) is 54.0 Å². The van der Waals surface area contributed by atoms with Crippen LogP contribution in [-0.2, 0) is 13.0 Å². The molecule has 2 heterocycles. The number of furan rings is 1. The zero-order valence-corrected chi connectivity index (χ0v) is 20.8. The van der Waals surface area contributed by atoms with Crippen LogP contribution in [0.15, 0.2) is 52.1 Å². The molecule has 1 aliphatic heterocycles. The molecule has 0 aliphatic carbocycles. The van der Waals surface area contributed by atoms with Gasteiger partial charge in [0.25, 0.3) is 0 Å². The molecule has 2 aromatic rings. The molecule has 3 rings (SSSR count). The second-order valence-electron chi connectivity index (χ2n) is 8.04. The van der Waals surface area contributed by atoms with Crippen LogP contribution in [-0.4, -0.2) is 49.7 Å². The van der Waals surface area contributed by atoms with E-state index in [2.05, 4.69) is 48.4 Å². The number of methoxy groups -OCH3 is 1. The highest BCUT2D eigenvalue weighted by molar-refractivity contribution is 14.0. The van der Waals surface area contributed by atoms with Gasteiger partial charge in [0.05, 0.1) is 19.9 Å². The van der Waals surface area contributed by atoms with Crippen molar-refractivity contribution in [2.45, 2.75) is 45.8 Å². The molecule has 0 radical (unpaired) electrons. The van der Waals surface area contributed by atoms with E-state index in [1.165, 1.54) is 0 Å². The van der Waals surface area contributed by atoms with Gasteiger partial charge >= 0.3 is 0 Å². The largest absolute Gasteiger partial charge is 0.497 e. The van der Waals surface area contributed by atoms with Crippen LogP contribution in [0, 0.1) is 5.92 Å². The molecule has 1 aromatic heterocycles. The zero-order valence-electron chi connectivity index (χ0n) is 18.4. The quantitative estimate of drug-likeness (QED) is 0.310. The minimum absolute atomic E-state index is 0. The average Bonchev–Trinajstić information content (AvgIpc) is 3.36. The topological polar surface area (TPSA) is 62.0 Å². The van der Waals surface area contributed by atoms with Gasteiger partial charge in [-0.3, -0.25) is 4.90 Å². The highest BCUT2D eigenvalue weighted by Crippen LogP contribution is 2.18. The van der Waals surface area contributed by atoms with Crippen molar-refractivity contribution in [3.8, 4) is 5.75 Å². The number of aliphatic imine (C=N–C) groups is 1. The fourth-order valence-corrected chi connectivity index (χ4v) is 3.60. The van der Waals surface area contributed by atoms with Gasteiger partial charge in [-0.1, -0.05) is 19.1 Å². The molecule has 2 atom stereocenters. The van der Waals surface area contributed by atoms with Gasteiger partial charge in [0.1, 0.15) is 11.5 Å². The van der Waals surface area contributed by atoms with Crippen molar-refractivity contribution in [1.82, 2.24) is 15.5 Å². The Morgan fingerprint density at radius 1 is 1.23 bits per heavy atom. The summed E-state index contributed by atoms with van der Waals surface area (Å²) in [6.45, 7) is 10.4. The summed E-state index contributed by atoms with van der Waals surface area (Å²) >= 11 is 0. The van der Waals surface area contributed by atoms with Crippen molar-refractivity contribution in [2.24, 2.45) is 10.9 Å². The van der Waals surface area contributed by atoms with Crippen LogP contribution in [0.1, 0.15) is 32.1 Å². The lowest BCUT2D eigenvalue weighted by Crippen LogP contribution is -2.47. The van der Waals surface area contributed by atoms with E-state index in [4.69, 9.17) is 14.1 Å². The van der Waals surface area contributed by atoms with Crippen molar-refractivity contribution in [1.29, 1.82) is 0 Å². The van der Waals surface area contributed by atoms with E-state index >= 15 is 0 Å². The third-order valence-corrected chi connectivity index (χ3v) is 5.52. The van der Waals surface area contributed by atoms with E-state index in [1.54, 1.807) is 13.4 Å². The standard InChI is InChI=1S/C23H34N4O2.HI/c1-17(2)27-15-18(3)22(16-27)26-23(24-12-11-21-6-5-13-29-21)25-14-19-7-9-20(28-4)10-8-19;/h5-10,13,17-18,22H,11-12,14-16H2,1-4H3,(H2,24,25,26);1H. The van der Waals surface area contributed by atoms with E-state index in [-0.39, 0.29) is 24.0 Å². The van der Waals surface area contributed by atoms with Crippen molar-refractivity contribution < 1.29 is 9.15 Å². The van der Waals surface area contributed by atoms with Gasteiger partial charge in [-0.15, -0.1) is 24.0 Å². The smallest absolute Gasteiger partial charge is 0.191 e. The van der Waals surface area contributed by atoms with Crippen LogP contribution in [0.25, 0.3) is 0 Å². The maximum Gasteiger partial charge on any atom is 0.191 e. The number of nitrogens with one attached hydrogen (secondary N) is 2. The molecule has 0 saturated carbocycles. The molecular weight excluding hydrogens is 491 g/mol. The van der Waals surface area contributed by atoms with Gasteiger partial charge in [-0.25, -0.2) is 4.99 Å². The van der Waals surface area contributed by atoms with Gasteiger partial charge in [0.2, 0.25) is 0 Å². The second-order valence-corrected chi connectivity index (χ2v) is 8.04. The van der Waals surface area contributed by atoms with Crippen LogP contribution >= 0.6 is 24.0 Å². The predicted octanol–water partition coefficient (Wildman–Crippen LogP) is 3.91. The fraction of sp³-hybridized carbons (Fsp3) is 0.522. The lowest BCUT2D eigenvalue weighted by atomic mass is 10.1. The normalized spacial score (nSPS) is 19.6. The Kier molecular flexibility index (Phi) is 9.97. The van der Waals surface area contributed by atoms with Gasteiger partial charge in [0.15, 0.2) is 5.96 Å². The molecule has 1 aromatic carbocycles. The highest BCUT2D eigenvalue weighted by Gasteiger charge is 2.31. The zero-order chi connectivity index (χ0) is 20.6. The third-order valence-electron chi connectivity index (χ3n) is 5.52. The monoisotopic (exact) mass is 526 g/mol. The summed E-state index contributed by atoms with van der Waals surface area (Å²) in [6, 6.07) is 12.9. The Labute approximate surface area is 197 Å². The molecular formula is C23H35IN4O2. The SMILES string of the molecule is COc1ccc(CN=C(NCCc2ccco2)NC2CN(C(C)C)CC2C)cc1.I. The van der Waals surface area contributed by atoms with E-state index < -0.39 is 0 Å². The van der Waals surface area contributed by atoms with E-state index in [0.29, 0.717) is 24.5 Å². The number of halogens is 1. The van der Waals surface area contributed by atoms with E-state index in [9.17, 15) is 0 Å². The van der Waals surface area contributed by atoms with E-state index in [0.717, 1.165) is 49.1 Å². The molecule has 30 heavy (non-hydrogen) atoms. The Balaban J connectivity index is 0.00000320. The summed E-state index contributed by atoms with van der Waals surface area (Å²) in [6.07, 6.45) is 2.54. The first-order valence-corrected chi connectivity index (χ1v) is 10.5. The van der Waals surface area contributed by atoms with Crippen LogP contribution in [0.4, 0.5) is 0 Å². The van der Waals surface area contributed by atoms with Gasteiger partial charge in [0, 0.05) is 38.1 Å². The first-order valence-electron chi connectivity index (χ1n) is 10.5. The van der Waals surface area contributed by atoms with Crippen LogP contribution in [0.2, 0.25) is 0 Å². The molecule has 0 amide bonds. The molecule has 0 spiro atoms. The molecule has 1 aliphatic rings. The first-order chi connectivity index (χ1) is 14.0. The summed E-state index contributed by atoms with van der Waals surface area (Å²) in [5.74, 6) is 3.28. The summed E-state index contributed by atoms with van der Waals surface area (Å²) in [5.41, 5.74) is 1.15. The van der Waals surface area contributed by atoms with E-state index in [1.807, 2.05) is 24.3 Å². The molecule has 6 nitrogen and oxygen atoms in total. The molecule has 1 fully saturated rings. The highest BCUT2D eigenvalue weighted by atomic mass is 127. The van der Waals surface area contributed by atoms with Crippen LogP contribution < -0.4 is 15.4 Å². The Bertz CT molecular complexity index is 762. The predicted molar refractivity (Wildman–Crippen MR) is 133 cm³/mol. The Morgan fingerprint density at radius 3 is 2.60 bits per heavy atom. The minimum Gasteiger partial charge on any atom is -0.497 e. The maximum absolute atomic E-state index is 5.44. The third kappa shape index (κ3) is 7.19. The molecule has 2 N–H and O–H groups in total. The number of hydrogen-bond donors (Lipinski definition) is 2. The summed E-state index contributed by atoms with van der Waals surface area (Å²) in [4.78, 5) is 7.36. The number of benzene rings is 1. The number of ether oxygens (including phenoxy) is 1. The second kappa shape index (κ2) is 12.2. The summed E-state index contributed by atoms with van der Waals surface area (Å²) in [7, 11) is 1.68. The Morgan fingerprint density at radius 2 is 2.00 bits per heavy atom. The molecule has 1 saturated heterocycles. The van der Waals surface area contributed by atoms with Gasteiger partial charge < -0.3 is 19.8 Å². The number of nitrogens with zero attached hydrogens (tertiary/aromatic N) is 2. The molecule has 2 unspecified atom stereocenters. The Hall–Kier alpha value is -1.74. The number of likely N-dealkylation sites (tertiary alicyclic amines) is 1. The molecule has 0 bridgehead atoms. The molecule has 166 valence electrons. The number of guanidine groups is 1. The van der Waals surface area contributed by atoms with Crippen molar-refractivity contribution in [3.63, 3.8) is 0 Å². The summed E-state index contributed by atoms with van der Waals surface area (Å²) in [5, 5.41) is 7.14. The number of rotatable bonds is 8. The average molecular weight is 526 g/mol. The first kappa shape index (κ1) is 24.5. The van der Waals surface area contributed by atoms with Crippen LogP contribution in [0.5, 0.6) is 5.75 Å².